The van der Waals surface area contributed by atoms with Gasteiger partial charge in [-0.2, -0.15) is 5.01 Å². The Labute approximate surface area is 176 Å². The molecule has 7 nitrogen and oxygen atoms in total. The van der Waals surface area contributed by atoms with E-state index in [-0.39, 0.29) is 10.9 Å². The molecule has 0 aromatic heterocycles. The van der Waals surface area contributed by atoms with Gasteiger partial charge in [-0.3, -0.25) is 15.0 Å². The fraction of sp³-hybridized carbons (Fsp3) is 0.100. The first-order chi connectivity index (χ1) is 14.0. The number of ether oxygens (including phenoxy) is 2. The number of thiocarbonyl (C=S) groups is 1. The summed E-state index contributed by atoms with van der Waals surface area (Å²) < 4.78 is 10.0. The molecule has 1 aliphatic rings. The summed E-state index contributed by atoms with van der Waals surface area (Å²) in [6.45, 7) is -0.185. The third-order valence-corrected chi connectivity index (χ3v) is 5.11. The Hall–Kier alpha value is -3.17. The molecule has 1 N–H and O–H groups in total. The fourth-order valence-electron chi connectivity index (χ4n) is 2.33. The summed E-state index contributed by atoms with van der Waals surface area (Å²) in [5.41, 5.74) is 3.70. The van der Waals surface area contributed by atoms with Gasteiger partial charge in [0.15, 0.2) is 10.9 Å². The monoisotopic (exact) mass is 428 g/mol. The van der Waals surface area contributed by atoms with Gasteiger partial charge in [0.05, 0.1) is 12.0 Å². The Morgan fingerprint density at radius 3 is 2.48 bits per heavy atom. The van der Waals surface area contributed by atoms with Gasteiger partial charge in [0.2, 0.25) is 0 Å². The zero-order valence-electron chi connectivity index (χ0n) is 15.3. The van der Waals surface area contributed by atoms with Crippen LogP contribution in [-0.4, -0.2) is 40.8 Å². The topological polar surface area (TPSA) is 84.9 Å². The minimum atomic E-state index is -0.477. The van der Waals surface area contributed by atoms with E-state index >= 15 is 0 Å². The number of thioether (sulfide) groups is 1. The van der Waals surface area contributed by atoms with E-state index in [1.807, 2.05) is 0 Å². The zero-order valence-corrected chi connectivity index (χ0v) is 16.9. The quantitative estimate of drug-likeness (QED) is 0.430. The van der Waals surface area contributed by atoms with Crippen molar-refractivity contribution >= 4 is 52.2 Å². The first-order valence-corrected chi connectivity index (χ1v) is 9.64. The Bertz CT molecular complexity index is 974. The maximum atomic E-state index is 12.6. The summed E-state index contributed by atoms with van der Waals surface area (Å²) in [4.78, 5) is 36.4. The van der Waals surface area contributed by atoms with E-state index in [0.717, 1.165) is 22.3 Å². The van der Waals surface area contributed by atoms with Gasteiger partial charge in [-0.15, -0.1) is 0 Å². The molecule has 0 atom stereocenters. The van der Waals surface area contributed by atoms with Gasteiger partial charge in [0.1, 0.15) is 5.75 Å². The second-order valence-corrected chi connectivity index (χ2v) is 7.43. The van der Waals surface area contributed by atoms with Crippen LogP contribution in [-0.2, 0) is 14.3 Å². The van der Waals surface area contributed by atoms with Crippen LogP contribution in [0.4, 0.5) is 0 Å². The fourth-order valence-corrected chi connectivity index (χ4v) is 3.51. The number of benzene rings is 2. The van der Waals surface area contributed by atoms with E-state index in [9.17, 15) is 14.4 Å². The summed E-state index contributed by atoms with van der Waals surface area (Å²) in [7, 11) is 1.28. The van der Waals surface area contributed by atoms with Gasteiger partial charge < -0.3 is 9.47 Å². The van der Waals surface area contributed by atoms with Crippen molar-refractivity contribution in [2.45, 2.75) is 0 Å². The Kier molecular flexibility index (Phi) is 6.63. The number of carbonyl (C=O) groups excluding carboxylic acids is 3. The summed E-state index contributed by atoms with van der Waals surface area (Å²) in [6, 6.07) is 15.4. The molecular weight excluding hydrogens is 412 g/mol. The molecule has 1 saturated heterocycles. The lowest BCUT2D eigenvalue weighted by atomic mass is 10.2. The molecule has 9 heteroatoms. The number of amides is 2. The predicted molar refractivity (Wildman–Crippen MR) is 113 cm³/mol. The highest BCUT2D eigenvalue weighted by Crippen LogP contribution is 2.31. The Morgan fingerprint density at radius 1 is 1.14 bits per heavy atom. The highest BCUT2D eigenvalue weighted by Gasteiger charge is 2.33. The van der Waals surface area contributed by atoms with E-state index in [1.165, 1.54) is 7.11 Å². The Morgan fingerprint density at radius 2 is 1.83 bits per heavy atom. The molecule has 1 heterocycles. The summed E-state index contributed by atoms with van der Waals surface area (Å²) in [6.07, 6.45) is 1.66. The van der Waals surface area contributed by atoms with Crippen LogP contribution in [0.1, 0.15) is 15.9 Å². The van der Waals surface area contributed by atoms with E-state index in [4.69, 9.17) is 17.0 Å². The van der Waals surface area contributed by atoms with Gasteiger partial charge in [-0.1, -0.05) is 42.1 Å². The third-order valence-electron chi connectivity index (χ3n) is 3.81. The zero-order chi connectivity index (χ0) is 20.8. The van der Waals surface area contributed by atoms with Crippen molar-refractivity contribution in [3.05, 3.63) is 70.6 Å². The van der Waals surface area contributed by atoms with Crippen LogP contribution < -0.4 is 10.2 Å². The molecule has 0 bridgehead atoms. The van der Waals surface area contributed by atoms with Crippen molar-refractivity contribution in [1.82, 2.24) is 10.4 Å². The van der Waals surface area contributed by atoms with Gasteiger partial charge in [0, 0.05) is 5.56 Å². The van der Waals surface area contributed by atoms with E-state index in [2.05, 4.69) is 10.2 Å². The minimum absolute atomic E-state index is 0.185. The molecule has 0 spiro atoms. The standard InChI is InChI=1S/C20H16N2O5S2/c1-26-17(23)12-27-15-9-7-13(8-10-15)11-16-19(25)22(20(28)29-16)21-18(24)14-5-3-2-4-6-14/h2-11H,12H2,1H3,(H,21,24)/b16-11-. The molecule has 1 fully saturated rings. The van der Waals surface area contributed by atoms with Crippen LogP contribution in [0, 0.1) is 0 Å². The molecule has 2 aromatic rings. The lowest BCUT2D eigenvalue weighted by molar-refractivity contribution is -0.142. The predicted octanol–water partition coefficient (Wildman–Crippen LogP) is 2.78. The molecule has 1 aliphatic heterocycles. The molecule has 3 rings (SSSR count). The van der Waals surface area contributed by atoms with Gasteiger partial charge in [0.25, 0.3) is 11.8 Å². The van der Waals surface area contributed by atoms with Crippen LogP contribution in [0.5, 0.6) is 5.75 Å². The number of hydrogen-bond donors (Lipinski definition) is 1. The summed E-state index contributed by atoms with van der Waals surface area (Å²) in [5.74, 6) is -0.809. The molecular formula is C20H16N2O5S2. The molecule has 2 amide bonds. The first kappa shape index (κ1) is 20.6. The second kappa shape index (κ2) is 9.35. The van der Waals surface area contributed by atoms with Crippen LogP contribution in [0.2, 0.25) is 0 Å². The molecule has 2 aromatic carbocycles. The van der Waals surface area contributed by atoms with Crippen molar-refractivity contribution in [3.63, 3.8) is 0 Å². The highest BCUT2D eigenvalue weighted by atomic mass is 32.2. The normalized spacial score (nSPS) is 14.8. The van der Waals surface area contributed by atoms with E-state index in [0.29, 0.717) is 16.2 Å². The third kappa shape index (κ3) is 5.21. The van der Waals surface area contributed by atoms with Crippen LogP contribution in [0.15, 0.2) is 59.5 Å². The van der Waals surface area contributed by atoms with E-state index < -0.39 is 17.8 Å². The maximum Gasteiger partial charge on any atom is 0.343 e. The van der Waals surface area contributed by atoms with Crippen molar-refractivity contribution in [1.29, 1.82) is 0 Å². The highest BCUT2D eigenvalue weighted by molar-refractivity contribution is 8.26. The summed E-state index contributed by atoms with van der Waals surface area (Å²) >= 11 is 6.32. The second-order valence-electron chi connectivity index (χ2n) is 5.76. The van der Waals surface area contributed by atoms with Crippen molar-refractivity contribution < 1.29 is 23.9 Å². The lowest BCUT2D eigenvalue weighted by Crippen LogP contribution is -2.44. The van der Waals surface area contributed by atoms with Gasteiger partial charge in [-0.25, -0.2) is 4.79 Å². The number of esters is 1. The number of hydrogen-bond acceptors (Lipinski definition) is 7. The SMILES string of the molecule is COC(=O)COc1ccc(/C=C2\SC(=S)N(NC(=O)c3ccccc3)C2=O)cc1. The number of hydrazine groups is 1. The first-order valence-electron chi connectivity index (χ1n) is 8.41. The van der Waals surface area contributed by atoms with Crippen molar-refractivity contribution in [2.24, 2.45) is 0 Å². The number of carbonyl (C=O) groups is 3. The molecule has 0 unspecified atom stereocenters. The molecule has 0 saturated carbocycles. The smallest absolute Gasteiger partial charge is 0.343 e. The van der Waals surface area contributed by atoms with Crippen LogP contribution in [0.25, 0.3) is 6.08 Å². The lowest BCUT2D eigenvalue weighted by Gasteiger charge is -2.15. The molecule has 148 valence electrons. The van der Waals surface area contributed by atoms with Crippen molar-refractivity contribution in [2.75, 3.05) is 13.7 Å². The minimum Gasteiger partial charge on any atom is -0.482 e. The van der Waals surface area contributed by atoms with Crippen LogP contribution >= 0.6 is 24.0 Å². The average molecular weight is 428 g/mol. The largest absolute Gasteiger partial charge is 0.482 e. The Balaban J connectivity index is 1.66. The number of rotatable bonds is 6. The number of nitrogens with zero attached hydrogens (tertiary/aromatic N) is 1. The van der Waals surface area contributed by atoms with E-state index in [1.54, 1.807) is 60.7 Å². The summed E-state index contributed by atoms with van der Waals surface area (Å²) in [5, 5.41) is 1.06. The maximum absolute atomic E-state index is 12.6. The van der Waals surface area contributed by atoms with Gasteiger partial charge >= 0.3 is 5.97 Å². The number of methoxy groups -OCH3 is 1. The van der Waals surface area contributed by atoms with Crippen LogP contribution in [0.3, 0.4) is 0 Å². The molecule has 0 aliphatic carbocycles. The number of nitrogens with one attached hydrogen (secondary N) is 1. The molecule has 0 radical (unpaired) electrons. The average Bonchev–Trinajstić information content (AvgIpc) is 3.00. The van der Waals surface area contributed by atoms with Gasteiger partial charge in [-0.05, 0) is 48.1 Å². The molecule has 29 heavy (non-hydrogen) atoms. The van der Waals surface area contributed by atoms with Crippen molar-refractivity contribution in [3.8, 4) is 5.75 Å².